The van der Waals surface area contributed by atoms with Gasteiger partial charge in [-0.25, -0.2) is 0 Å². The maximum Gasteiger partial charge on any atom is 0.251 e. The lowest BCUT2D eigenvalue weighted by molar-refractivity contribution is 0.0950. The Morgan fingerprint density at radius 2 is 2.33 bits per heavy atom. The lowest BCUT2D eigenvalue weighted by Gasteiger charge is -2.12. The van der Waals surface area contributed by atoms with Crippen molar-refractivity contribution in [3.8, 4) is 5.75 Å². The summed E-state index contributed by atoms with van der Waals surface area (Å²) in [5.41, 5.74) is 6.54. The van der Waals surface area contributed by atoms with Gasteiger partial charge in [-0.3, -0.25) is 4.79 Å². The number of rotatable bonds is 5. The number of hydrogen-bond donors (Lipinski definition) is 2. The molecule has 0 bridgehead atoms. The number of carbonyl (C=O) groups is 1. The van der Waals surface area contributed by atoms with E-state index < -0.39 is 0 Å². The van der Waals surface area contributed by atoms with Crippen LogP contribution in [0.15, 0.2) is 22.7 Å². The average molecular weight is 313 g/mol. The monoisotopic (exact) mass is 312 g/mol. The van der Waals surface area contributed by atoms with E-state index in [1.165, 1.54) is 12.8 Å². The third kappa shape index (κ3) is 3.23. The van der Waals surface area contributed by atoms with E-state index in [-0.39, 0.29) is 11.9 Å². The number of halogens is 1. The second-order valence-corrected chi connectivity index (χ2v) is 5.41. The molecule has 1 aliphatic carbocycles. The third-order valence-corrected chi connectivity index (χ3v) is 3.76. The standard InChI is InChI=1S/C13H17BrN2O2/c1-18-12-5-4-9(6-10(12)14)13(17)16-7-11(15)8-2-3-8/h4-6,8,11H,2-3,7,15H2,1H3,(H,16,17). The molecule has 0 aliphatic heterocycles. The van der Waals surface area contributed by atoms with Crippen LogP contribution in [0.25, 0.3) is 0 Å². The second-order valence-electron chi connectivity index (χ2n) is 4.56. The maximum absolute atomic E-state index is 11.9. The van der Waals surface area contributed by atoms with E-state index in [4.69, 9.17) is 10.5 Å². The lowest BCUT2D eigenvalue weighted by Crippen LogP contribution is -2.38. The maximum atomic E-state index is 11.9. The predicted octanol–water partition coefficient (Wildman–Crippen LogP) is 1.92. The van der Waals surface area contributed by atoms with Crippen LogP contribution in [-0.4, -0.2) is 25.6 Å². The molecule has 1 unspecified atom stereocenters. The first kappa shape index (κ1) is 13.4. The molecule has 0 radical (unpaired) electrons. The summed E-state index contributed by atoms with van der Waals surface area (Å²) in [6.07, 6.45) is 2.37. The Balaban J connectivity index is 1.93. The van der Waals surface area contributed by atoms with Gasteiger partial charge in [0, 0.05) is 18.2 Å². The van der Waals surface area contributed by atoms with Gasteiger partial charge in [0.15, 0.2) is 0 Å². The van der Waals surface area contributed by atoms with Crippen molar-refractivity contribution in [2.75, 3.05) is 13.7 Å². The molecule has 4 nitrogen and oxygen atoms in total. The Bertz CT molecular complexity index is 447. The van der Waals surface area contributed by atoms with Crippen LogP contribution in [0, 0.1) is 5.92 Å². The number of methoxy groups -OCH3 is 1. The molecule has 0 spiro atoms. The largest absolute Gasteiger partial charge is 0.496 e. The SMILES string of the molecule is COc1ccc(C(=O)NCC(N)C2CC2)cc1Br. The first-order chi connectivity index (χ1) is 8.61. The van der Waals surface area contributed by atoms with Crippen LogP contribution in [0.2, 0.25) is 0 Å². The zero-order chi connectivity index (χ0) is 13.1. The van der Waals surface area contributed by atoms with E-state index in [1.54, 1.807) is 25.3 Å². The zero-order valence-corrected chi connectivity index (χ0v) is 11.9. The fraction of sp³-hybridized carbons (Fsp3) is 0.462. The molecule has 2 rings (SSSR count). The highest BCUT2D eigenvalue weighted by Gasteiger charge is 2.28. The van der Waals surface area contributed by atoms with Gasteiger partial charge in [-0.15, -0.1) is 0 Å². The summed E-state index contributed by atoms with van der Waals surface area (Å²) >= 11 is 3.36. The highest BCUT2D eigenvalue weighted by molar-refractivity contribution is 9.10. The Hall–Kier alpha value is -1.07. The van der Waals surface area contributed by atoms with Gasteiger partial charge in [0.2, 0.25) is 0 Å². The van der Waals surface area contributed by atoms with Crippen molar-refractivity contribution in [2.45, 2.75) is 18.9 Å². The van der Waals surface area contributed by atoms with Crippen molar-refractivity contribution in [1.82, 2.24) is 5.32 Å². The van der Waals surface area contributed by atoms with Gasteiger partial charge >= 0.3 is 0 Å². The second kappa shape index (κ2) is 5.71. The molecular weight excluding hydrogens is 296 g/mol. The Labute approximate surface area is 115 Å². The number of amides is 1. The van der Waals surface area contributed by atoms with E-state index in [0.717, 1.165) is 4.47 Å². The molecule has 1 aliphatic rings. The van der Waals surface area contributed by atoms with E-state index >= 15 is 0 Å². The minimum absolute atomic E-state index is 0.0793. The minimum Gasteiger partial charge on any atom is -0.496 e. The normalized spacial score (nSPS) is 16.2. The number of hydrogen-bond acceptors (Lipinski definition) is 3. The van der Waals surface area contributed by atoms with Crippen molar-refractivity contribution >= 4 is 21.8 Å². The summed E-state index contributed by atoms with van der Waals surface area (Å²) < 4.78 is 5.89. The summed E-state index contributed by atoms with van der Waals surface area (Å²) in [6.45, 7) is 0.535. The Kier molecular flexibility index (Phi) is 4.24. The van der Waals surface area contributed by atoms with Gasteiger partial charge in [0.25, 0.3) is 5.91 Å². The molecule has 0 saturated heterocycles. The van der Waals surface area contributed by atoms with Gasteiger partial charge in [0.05, 0.1) is 11.6 Å². The first-order valence-electron chi connectivity index (χ1n) is 5.99. The average Bonchev–Trinajstić information content (AvgIpc) is 3.19. The Morgan fingerprint density at radius 3 is 2.89 bits per heavy atom. The molecule has 1 aromatic carbocycles. The summed E-state index contributed by atoms with van der Waals surface area (Å²) in [7, 11) is 1.59. The van der Waals surface area contributed by atoms with Crippen molar-refractivity contribution in [1.29, 1.82) is 0 Å². The van der Waals surface area contributed by atoms with Crippen LogP contribution in [-0.2, 0) is 0 Å². The predicted molar refractivity (Wildman–Crippen MR) is 73.7 cm³/mol. The fourth-order valence-corrected chi connectivity index (χ4v) is 2.35. The highest BCUT2D eigenvalue weighted by atomic mass is 79.9. The van der Waals surface area contributed by atoms with Crippen LogP contribution in [0.1, 0.15) is 23.2 Å². The lowest BCUT2D eigenvalue weighted by atomic mass is 10.1. The van der Waals surface area contributed by atoms with Gasteiger partial charge in [-0.05, 0) is 52.9 Å². The molecule has 1 saturated carbocycles. The van der Waals surface area contributed by atoms with Gasteiger partial charge < -0.3 is 15.8 Å². The number of carbonyl (C=O) groups excluding carboxylic acids is 1. The van der Waals surface area contributed by atoms with Crippen molar-refractivity contribution in [2.24, 2.45) is 11.7 Å². The zero-order valence-electron chi connectivity index (χ0n) is 10.3. The summed E-state index contributed by atoms with van der Waals surface area (Å²) in [5, 5.41) is 2.86. The highest BCUT2D eigenvalue weighted by Crippen LogP contribution is 2.31. The van der Waals surface area contributed by atoms with Crippen molar-refractivity contribution in [3.05, 3.63) is 28.2 Å². The first-order valence-corrected chi connectivity index (χ1v) is 6.78. The van der Waals surface area contributed by atoms with Crippen molar-refractivity contribution in [3.63, 3.8) is 0 Å². The smallest absolute Gasteiger partial charge is 0.251 e. The Morgan fingerprint density at radius 1 is 1.61 bits per heavy atom. The molecule has 18 heavy (non-hydrogen) atoms. The third-order valence-electron chi connectivity index (χ3n) is 3.14. The molecule has 3 N–H and O–H groups in total. The minimum atomic E-state index is -0.102. The van der Waals surface area contributed by atoms with Gasteiger partial charge in [0.1, 0.15) is 5.75 Å². The molecule has 1 amide bonds. The molecule has 1 aromatic rings. The van der Waals surface area contributed by atoms with Crippen molar-refractivity contribution < 1.29 is 9.53 Å². The summed E-state index contributed by atoms with van der Waals surface area (Å²) in [6, 6.07) is 5.33. The van der Waals surface area contributed by atoms with Gasteiger partial charge in [-0.1, -0.05) is 0 Å². The molecular formula is C13H17BrN2O2. The number of nitrogens with one attached hydrogen (secondary N) is 1. The number of nitrogens with two attached hydrogens (primary N) is 1. The van der Waals surface area contributed by atoms with E-state index in [1.807, 2.05) is 0 Å². The number of benzene rings is 1. The van der Waals surface area contributed by atoms with Crippen LogP contribution < -0.4 is 15.8 Å². The van der Waals surface area contributed by atoms with Crippen LogP contribution in [0.5, 0.6) is 5.75 Å². The molecule has 0 heterocycles. The molecule has 5 heteroatoms. The van der Waals surface area contributed by atoms with E-state index in [0.29, 0.717) is 23.8 Å². The quantitative estimate of drug-likeness (QED) is 0.873. The van der Waals surface area contributed by atoms with E-state index in [9.17, 15) is 4.79 Å². The van der Waals surface area contributed by atoms with Gasteiger partial charge in [-0.2, -0.15) is 0 Å². The van der Waals surface area contributed by atoms with Crippen LogP contribution in [0.4, 0.5) is 0 Å². The summed E-state index contributed by atoms with van der Waals surface area (Å²) in [4.78, 5) is 11.9. The summed E-state index contributed by atoms with van der Waals surface area (Å²) in [5.74, 6) is 1.20. The van der Waals surface area contributed by atoms with E-state index in [2.05, 4.69) is 21.2 Å². The molecule has 1 atom stereocenters. The topological polar surface area (TPSA) is 64.3 Å². The van der Waals surface area contributed by atoms with Crippen LogP contribution >= 0.6 is 15.9 Å². The van der Waals surface area contributed by atoms with Crippen LogP contribution in [0.3, 0.4) is 0 Å². The fourth-order valence-electron chi connectivity index (χ4n) is 1.81. The molecule has 0 aromatic heterocycles. The number of ether oxygens (including phenoxy) is 1. The molecule has 98 valence electrons. The molecule has 1 fully saturated rings.